The van der Waals surface area contributed by atoms with E-state index in [1.165, 1.54) is 4.90 Å². The lowest BCUT2D eigenvalue weighted by molar-refractivity contribution is -0.144. The number of carbonyl (C=O) groups excluding carboxylic acids is 4. The summed E-state index contributed by atoms with van der Waals surface area (Å²) in [6, 6.07) is 5.44. The van der Waals surface area contributed by atoms with Gasteiger partial charge in [0.15, 0.2) is 0 Å². The molecular formula is C44H54N4O7. The lowest BCUT2D eigenvalue weighted by atomic mass is 9.86. The average Bonchev–Trinajstić information content (AvgIpc) is 3.85. The molecule has 2 aromatic rings. The second-order valence-electron chi connectivity index (χ2n) is 17.5. The zero-order chi connectivity index (χ0) is 37.8. The van der Waals surface area contributed by atoms with Crippen LogP contribution >= 0.6 is 0 Å². The first-order valence-corrected chi connectivity index (χ1v) is 21.1. The van der Waals surface area contributed by atoms with Crippen LogP contribution in [-0.2, 0) is 19.1 Å². The summed E-state index contributed by atoms with van der Waals surface area (Å²) in [6.45, 7) is 3.93. The summed E-state index contributed by atoms with van der Waals surface area (Å²) in [5.41, 5.74) is 3.11. The van der Waals surface area contributed by atoms with E-state index in [1.54, 1.807) is 11.0 Å². The van der Waals surface area contributed by atoms with Crippen LogP contribution in [0.4, 0.5) is 0 Å². The van der Waals surface area contributed by atoms with Crippen molar-refractivity contribution in [3.8, 4) is 0 Å². The zero-order valence-electron chi connectivity index (χ0n) is 32.2. The average molecular weight is 751 g/mol. The SMILES string of the molecule is CC1=CC2C(=O)N(C3CCC(OC4CCC(c5nnc(C6CCC(OC7CCC(N8C(=O)c9ccc(C)cc9C8=O)CC7)CC6)o5)CC4)CC3)C(=O)C2C=C1. The molecule has 55 heavy (non-hydrogen) atoms. The van der Waals surface area contributed by atoms with Crippen LogP contribution in [0.3, 0.4) is 0 Å². The smallest absolute Gasteiger partial charge is 0.261 e. The minimum absolute atomic E-state index is 0.0188. The number of likely N-dealkylation sites (tertiary alicyclic amines) is 1. The molecule has 5 fully saturated rings. The first-order chi connectivity index (χ1) is 26.7. The number of ether oxygens (including phenoxy) is 2. The zero-order valence-corrected chi connectivity index (χ0v) is 32.2. The van der Waals surface area contributed by atoms with Gasteiger partial charge in [-0.25, -0.2) is 0 Å². The van der Waals surface area contributed by atoms with Crippen LogP contribution in [0.1, 0.15) is 160 Å². The Balaban J connectivity index is 0.681. The highest BCUT2D eigenvalue weighted by atomic mass is 16.5. The number of carbonyl (C=O) groups is 4. The number of aromatic nitrogens is 2. The molecule has 5 aliphatic carbocycles. The molecule has 0 radical (unpaired) electrons. The van der Waals surface area contributed by atoms with E-state index in [9.17, 15) is 19.2 Å². The number of aryl methyl sites for hydroxylation is 1. The molecule has 11 nitrogen and oxygen atoms in total. The molecule has 2 unspecified atom stereocenters. The maximum atomic E-state index is 13.2. The second-order valence-corrected chi connectivity index (χ2v) is 17.5. The van der Waals surface area contributed by atoms with Gasteiger partial charge in [0, 0.05) is 23.9 Å². The predicted molar refractivity (Wildman–Crippen MR) is 202 cm³/mol. The van der Waals surface area contributed by atoms with Crippen molar-refractivity contribution in [1.82, 2.24) is 20.0 Å². The maximum absolute atomic E-state index is 13.2. The minimum atomic E-state index is -0.331. The molecule has 11 heteroatoms. The molecule has 7 aliphatic rings. The molecule has 292 valence electrons. The third-order valence-corrected chi connectivity index (χ3v) is 13.8. The van der Waals surface area contributed by atoms with Crippen molar-refractivity contribution in [3.05, 3.63) is 70.5 Å². The van der Waals surface area contributed by atoms with Gasteiger partial charge in [-0.1, -0.05) is 35.4 Å². The number of amides is 4. The summed E-state index contributed by atoms with van der Waals surface area (Å²) in [5, 5.41) is 9.03. The number of benzene rings is 1. The van der Waals surface area contributed by atoms with Crippen molar-refractivity contribution >= 4 is 23.6 Å². The fourth-order valence-corrected chi connectivity index (χ4v) is 10.7. The molecule has 4 saturated carbocycles. The highest BCUT2D eigenvalue weighted by Gasteiger charge is 2.49. The number of imide groups is 2. The molecule has 2 atom stereocenters. The number of rotatable bonds is 8. The Hall–Kier alpha value is -3.96. The Labute approximate surface area is 323 Å². The number of allylic oxidation sites excluding steroid dienone is 2. The number of hydrogen-bond acceptors (Lipinski definition) is 9. The summed E-state index contributed by atoms with van der Waals surface area (Å²) in [7, 11) is 0. The van der Waals surface area contributed by atoms with Crippen molar-refractivity contribution in [1.29, 1.82) is 0 Å². The first-order valence-electron chi connectivity index (χ1n) is 21.1. The number of fused-ring (bicyclic) bond motifs is 2. The lowest BCUT2D eigenvalue weighted by Gasteiger charge is -2.36. The van der Waals surface area contributed by atoms with Gasteiger partial charge >= 0.3 is 0 Å². The van der Waals surface area contributed by atoms with Crippen molar-refractivity contribution < 1.29 is 33.1 Å². The highest BCUT2D eigenvalue weighted by Crippen LogP contribution is 2.41. The van der Waals surface area contributed by atoms with E-state index >= 15 is 0 Å². The number of hydrogen-bond donors (Lipinski definition) is 0. The Morgan fingerprint density at radius 2 is 1.05 bits per heavy atom. The normalized spacial score (nSPS) is 35.3. The van der Waals surface area contributed by atoms with Crippen LogP contribution in [0.25, 0.3) is 0 Å². The highest BCUT2D eigenvalue weighted by molar-refractivity contribution is 6.21. The van der Waals surface area contributed by atoms with Gasteiger partial charge in [0.25, 0.3) is 11.8 Å². The molecule has 1 saturated heterocycles. The Morgan fingerprint density at radius 3 is 1.60 bits per heavy atom. The van der Waals surface area contributed by atoms with E-state index in [4.69, 9.17) is 13.9 Å². The molecule has 1 aromatic heterocycles. The van der Waals surface area contributed by atoms with Crippen LogP contribution in [0.5, 0.6) is 0 Å². The molecule has 3 heterocycles. The van der Waals surface area contributed by atoms with Crippen LogP contribution in [0, 0.1) is 18.8 Å². The standard InChI is InChI=1S/C44H54N4O7/c1-25-3-21-35-37(23-25)43(51)47(41(35)49)29-9-17-33(18-10-29)53-31-13-5-27(6-14-31)39-45-46-40(55-39)28-7-15-32(16-8-28)54-34-19-11-30(12-20-34)48-42(50)36-22-4-26(2)24-38(36)44(48)52/h3-4,21-24,27-35,37H,5-20H2,1-2H3. The summed E-state index contributed by atoms with van der Waals surface area (Å²) >= 11 is 0. The fourth-order valence-electron chi connectivity index (χ4n) is 10.7. The topological polar surface area (TPSA) is 132 Å². The van der Waals surface area contributed by atoms with Crippen LogP contribution in [0.2, 0.25) is 0 Å². The summed E-state index contributed by atoms with van der Waals surface area (Å²) in [6.07, 6.45) is 21.0. The van der Waals surface area contributed by atoms with E-state index in [0.717, 1.165) is 126 Å². The third-order valence-electron chi connectivity index (χ3n) is 13.8. The maximum Gasteiger partial charge on any atom is 0.261 e. The van der Waals surface area contributed by atoms with E-state index in [1.807, 2.05) is 44.2 Å². The Kier molecular flexibility index (Phi) is 10.1. The van der Waals surface area contributed by atoms with Gasteiger partial charge in [-0.05, 0) is 129 Å². The number of nitrogens with zero attached hydrogens (tertiary/aromatic N) is 4. The van der Waals surface area contributed by atoms with Gasteiger partial charge in [-0.15, -0.1) is 10.2 Å². The third kappa shape index (κ3) is 7.16. The van der Waals surface area contributed by atoms with E-state index < -0.39 is 0 Å². The molecular weight excluding hydrogens is 697 g/mol. The Morgan fingerprint density at radius 1 is 0.582 bits per heavy atom. The van der Waals surface area contributed by atoms with Gasteiger partial charge in [0.2, 0.25) is 23.6 Å². The van der Waals surface area contributed by atoms with Crippen LogP contribution in [0.15, 0.2) is 46.4 Å². The van der Waals surface area contributed by atoms with Crippen LogP contribution < -0.4 is 0 Å². The van der Waals surface area contributed by atoms with E-state index in [-0.39, 0.29) is 83.8 Å². The van der Waals surface area contributed by atoms with Crippen molar-refractivity contribution in [3.63, 3.8) is 0 Å². The fraction of sp³-hybridized carbons (Fsp3) is 0.636. The molecule has 2 aliphatic heterocycles. The van der Waals surface area contributed by atoms with Crippen LogP contribution in [-0.4, -0.2) is 80.1 Å². The van der Waals surface area contributed by atoms with E-state index in [0.29, 0.717) is 11.1 Å². The second kappa shape index (κ2) is 15.2. The molecule has 4 amide bonds. The molecule has 1 aromatic carbocycles. The van der Waals surface area contributed by atoms with Crippen molar-refractivity contribution in [2.75, 3.05) is 0 Å². The van der Waals surface area contributed by atoms with Gasteiger partial charge < -0.3 is 13.9 Å². The summed E-state index contributed by atoms with van der Waals surface area (Å²) < 4.78 is 19.5. The van der Waals surface area contributed by atoms with E-state index in [2.05, 4.69) is 10.2 Å². The monoisotopic (exact) mass is 750 g/mol. The first kappa shape index (κ1) is 36.7. The summed E-state index contributed by atoms with van der Waals surface area (Å²) in [5.74, 6) is 1.02. The van der Waals surface area contributed by atoms with Gasteiger partial charge in [0.05, 0.1) is 47.4 Å². The van der Waals surface area contributed by atoms with Gasteiger partial charge in [-0.2, -0.15) is 0 Å². The van der Waals surface area contributed by atoms with Crippen molar-refractivity contribution in [2.45, 2.75) is 165 Å². The Bertz CT molecular complexity index is 1870. The minimum Gasteiger partial charge on any atom is -0.425 e. The quantitative estimate of drug-likeness (QED) is 0.252. The van der Waals surface area contributed by atoms with Gasteiger partial charge in [0.1, 0.15) is 0 Å². The molecule has 0 spiro atoms. The molecule has 0 bridgehead atoms. The van der Waals surface area contributed by atoms with Crippen molar-refractivity contribution in [2.24, 2.45) is 11.8 Å². The predicted octanol–water partition coefficient (Wildman–Crippen LogP) is 7.50. The lowest BCUT2D eigenvalue weighted by Crippen LogP contribution is -2.44. The molecule has 9 rings (SSSR count). The summed E-state index contributed by atoms with van der Waals surface area (Å²) in [4.78, 5) is 55.5. The largest absolute Gasteiger partial charge is 0.425 e. The molecule has 0 N–H and O–H groups in total. The van der Waals surface area contributed by atoms with Gasteiger partial charge in [-0.3, -0.25) is 29.0 Å².